The van der Waals surface area contributed by atoms with E-state index in [1.54, 1.807) is 12.1 Å². The van der Waals surface area contributed by atoms with Crippen LogP contribution in [0.25, 0.3) is 10.8 Å². The van der Waals surface area contributed by atoms with Crippen molar-refractivity contribution in [2.75, 3.05) is 25.0 Å². The van der Waals surface area contributed by atoms with Crippen molar-refractivity contribution in [3.63, 3.8) is 0 Å². The van der Waals surface area contributed by atoms with Gasteiger partial charge in [-0.2, -0.15) is 0 Å². The summed E-state index contributed by atoms with van der Waals surface area (Å²) in [6.45, 7) is 12.9. The molecule has 0 radical (unpaired) electrons. The van der Waals surface area contributed by atoms with E-state index in [0.717, 1.165) is 43.9 Å². The molecule has 1 heterocycles. The highest BCUT2D eigenvalue weighted by Gasteiger charge is 2.38. The maximum Gasteiger partial charge on any atom is 0.186 e. The third kappa shape index (κ3) is 5.93. The van der Waals surface area contributed by atoms with Gasteiger partial charge in [-0.15, -0.1) is 0 Å². The first-order valence-electron chi connectivity index (χ1n) is 14.6. The number of hydrogen-bond acceptors (Lipinski definition) is 4. The molecule has 1 fully saturated rings. The summed E-state index contributed by atoms with van der Waals surface area (Å²) in [5.74, 6) is 1.14. The van der Waals surface area contributed by atoms with Crippen LogP contribution < -0.4 is 10.7 Å². The van der Waals surface area contributed by atoms with Gasteiger partial charge in [0.1, 0.15) is 5.75 Å². The highest BCUT2D eigenvalue weighted by Crippen LogP contribution is 2.41. The maximum atomic E-state index is 13.1. The number of piperidine rings is 1. The number of likely N-dealkylation sites (tertiary alicyclic amines) is 1. The second kappa shape index (κ2) is 11.9. The van der Waals surface area contributed by atoms with E-state index in [4.69, 9.17) is 0 Å². The Kier molecular flexibility index (Phi) is 8.27. The predicted octanol–water partition coefficient (Wildman–Crippen LogP) is 7.56. The van der Waals surface area contributed by atoms with Crippen molar-refractivity contribution in [1.82, 2.24) is 4.90 Å². The summed E-state index contributed by atoms with van der Waals surface area (Å²) in [5, 5.41) is 15.7. The molecule has 0 spiro atoms. The molecule has 4 aromatic rings. The zero-order valence-corrected chi connectivity index (χ0v) is 24.2. The van der Waals surface area contributed by atoms with E-state index in [-0.39, 0.29) is 22.5 Å². The Balaban J connectivity index is 1.31. The molecule has 40 heavy (non-hydrogen) atoms. The molecule has 208 valence electrons. The molecule has 3 unspecified atom stereocenters. The molecule has 2 N–H and O–H groups in total. The summed E-state index contributed by atoms with van der Waals surface area (Å²) >= 11 is 0. The van der Waals surface area contributed by atoms with E-state index >= 15 is 0 Å². The molecule has 4 heteroatoms. The Labute approximate surface area is 238 Å². The summed E-state index contributed by atoms with van der Waals surface area (Å²) in [7, 11) is 0. The van der Waals surface area contributed by atoms with Gasteiger partial charge in [-0.05, 0) is 77.1 Å². The maximum absolute atomic E-state index is 13.1. The van der Waals surface area contributed by atoms with Crippen molar-refractivity contribution in [2.45, 2.75) is 52.0 Å². The van der Waals surface area contributed by atoms with Gasteiger partial charge in [0, 0.05) is 36.1 Å². The van der Waals surface area contributed by atoms with E-state index < -0.39 is 0 Å². The van der Waals surface area contributed by atoms with Crippen LogP contribution in [0.5, 0.6) is 5.75 Å². The lowest BCUT2D eigenvalue weighted by atomic mass is 9.67. The Morgan fingerprint density at radius 2 is 1.68 bits per heavy atom. The van der Waals surface area contributed by atoms with Gasteiger partial charge in [0.25, 0.3) is 0 Å². The lowest BCUT2D eigenvalue weighted by molar-refractivity contribution is 0.101. The Bertz CT molecular complexity index is 1520. The molecule has 1 aliphatic rings. The average Bonchev–Trinajstić information content (AvgIpc) is 3.08. The first-order chi connectivity index (χ1) is 19.2. The second-order valence-electron chi connectivity index (χ2n) is 12.2. The largest absolute Gasteiger partial charge is 0.507 e. The molecule has 5 rings (SSSR count). The molecule has 0 aromatic heterocycles. The summed E-state index contributed by atoms with van der Waals surface area (Å²) in [6.07, 6.45) is 1.08. The van der Waals surface area contributed by atoms with Gasteiger partial charge in [-0.1, -0.05) is 94.4 Å². The summed E-state index contributed by atoms with van der Waals surface area (Å²) < 4.78 is 0. The normalized spacial score (nSPS) is 20.5. The fourth-order valence-corrected chi connectivity index (χ4v) is 6.32. The fraction of sp³-hybridized carbons (Fsp3) is 0.361. The fourth-order valence-electron chi connectivity index (χ4n) is 6.32. The lowest BCUT2D eigenvalue weighted by Gasteiger charge is -2.46. The standard InChI is InChI=1S/C36H42N2O2/c1-25(2)33(28-19-34(39)31-15-8-9-16-32(31)35(40)20-28)24-38-18-17-36(4,26(3)23-38)29-13-10-14-30(21-29)37-22-27-11-6-5-7-12-27/h5-16,19-21,25-26,33,37,39H,17-18,22-24H2,1-4H3. The molecule has 4 nitrogen and oxygen atoms in total. The van der Waals surface area contributed by atoms with E-state index in [2.05, 4.69) is 92.5 Å². The van der Waals surface area contributed by atoms with Crippen LogP contribution in [-0.2, 0) is 12.0 Å². The number of aromatic hydroxyl groups is 1. The van der Waals surface area contributed by atoms with Crippen LogP contribution in [0.1, 0.15) is 56.7 Å². The minimum absolute atomic E-state index is 0.0307. The Morgan fingerprint density at radius 3 is 2.40 bits per heavy atom. The summed E-state index contributed by atoms with van der Waals surface area (Å²) in [4.78, 5) is 15.6. The van der Waals surface area contributed by atoms with E-state index in [9.17, 15) is 9.90 Å². The average molecular weight is 535 g/mol. The van der Waals surface area contributed by atoms with Crippen molar-refractivity contribution in [3.8, 4) is 5.75 Å². The molecule has 0 saturated carbocycles. The van der Waals surface area contributed by atoms with Crippen molar-refractivity contribution < 1.29 is 5.11 Å². The summed E-state index contributed by atoms with van der Waals surface area (Å²) in [5.41, 5.74) is 4.81. The molecule has 4 aromatic carbocycles. The third-order valence-electron chi connectivity index (χ3n) is 9.19. The number of fused-ring (bicyclic) bond motifs is 1. The Morgan fingerprint density at radius 1 is 0.950 bits per heavy atom. The second-order valence-corrected chi connectivity index (χ2v) is 12.2. The number of benzene rings is 3. The molecular formula is C36H42N2O2. The monoisotopic (exact) mass is 534 g/mol. The van der Waals surface area contributed by atoms with Crippen LogP contribution in [0, 0.1) is 11.8 Å². The number of anilines is 1. The van der Waals surface area contributed by atoms with Crippen LogP contribution in [0.2, 0.25) is 0 Å². The molecule has 1 saturated heterocycles. The zero-order chi connectivity index (χ0) is 28.3. The quantitative estimate of drug-likeness (QED) is 0.245. The van der Waals surface area contributed by atoms with E-state index in [1.807, 2.05) is 24.3 Å². The van der Waals surface area contributed by atoms with Crippen molar-refractivity contribution in [1.29, 1.82) is 0 Å². The number of rotatable bonds is 8. The molecule has 0 bridgehead atoms. The smallest absolute Gasteiger partial charge is 0.186 e. The SMILES string of the molecule is CC(C)C(CN1CCC(C)(c2cccc(NCc3ccccc3)c2)C(C)C1)c1cc(O)c2ccccc2c(=O)c1. The van der Waals surface area contributed by atoms with Gasteiger partial charge >= 0.3 is 0 Å². The topological polar surface area (TPSA) is 52.6 Å². The van der Waals surface area contributed by atoms with Gasteiger partial charge in [0.15, 0.2) is 5.43 Å². The summed E-state index contributed by atoms with van der Waals surface area (Å²) in [6, 6.07) is 30.4. The van der Waals surface area contributed by atoms with Crippen LogP contribution in [-0.4, -0.2) is 29.6 Å². The number of nitrogens with one attached hydrogen (secondary N) is 1. The van der Waals surface area contributed by atoms with Gasteiger partial charge in [0.05, 0.1) is 0 Å². The zero-order valence-electron chi connectivity index (χ0n) is 24.2. The van der Waals surface area contributed by atoms with E-state index in [0.29, 0.717) is 22.6 Å². The minimum Gasteiger partial charge on any atom is -0.507 e. The first-order valence-corrected chi connectivity index (χ1v) is 14.6. The van der Waals surface area contributed by atoms with Gasteiger partial charge in [-0.25, -0.2) is 0 Å². The molecule has 3 atom stereocenters. The Hall–Kier alpha value is -3.63. The van der Waals surface area contributed by atoms with Crippen LogP contribution in [0.3, 0.4) is 0 Å². The van der Waals surface area contributed by atoms with Crippen molar-refractivity contribution >= 4 is 16.5 Å². The van der Waals surface area contributed by atoms with Gasteiger partial charge < -0.3 is 15.3 Å². The van der Waals surface area contributed by atoms with Gasteiger partial charge in [0.2, 0.25) is 0 Å². The molecule has 1 aliphatic heterocycles. The van der Waals surface area contributed by atoms with Crippen LogP contribution in [0.15, 0.2) is 95.8 Å². The first kappa shape index (κ1) is 27.9. The van der Waals surface area contributed by atoms with E-state index in [1.165, 1.54) is 11.1 Å². The number of hydrogen-bond donors (Lipinski definition) is 2. The highest BCUT2D eigenvalue weighted by molar-refractivity contribution is 5.87. The van der Waals surface area contributed by atoms with Gasteiger partial charge in [-0.3, -0.25) is 4.79 Å². The van der Waals surface area contributed by atoms with Crippen molar-refractivity contribution in [3.05, 3.63) is 118 Å². The molecule has 0 amide bonds. The highest BCUT2D eigenvalue weighted by atomic mass is 16.3. The molecule has 0 aliphatic carbocycles. The van der Waals surface area contributed by atoms with Crippen LogP contribution >= 0.6 is 0 Å². The predicted molar refractivity (Wildman–Crippen MR) is 167 cm³/mol. The third-order valence-corrected chi connectivity index (χ3v) is 9.19. The molecular weight excluding hydrogens is 492 g/mol. The minimum atomic E-state index is -0.0307. The van der Waals surface area contributed by atoms with Crippen molar-refractivity contribution in [2.24, 2.45) is 11.8 Å². The lowest BCUT2D eigenvalue weighted by Crippen LogP contribution is -2.48. The van der Waals surface area contributed by atoms with Crippen LogP contribution in [0.4, 0.5) is 5.69 Å². The number of nitrogens with zero attached hydrogens (tertiary/aromatic N) is 1.